The molecule has 25 heavy (non-hydrogen) atoms. The average molecular weight is 347 g/mol. The van der Waals surface area contributed by atoms with Gasteiger partial charge >= 0.3 is 0 Å². The lowest BCUT2D eigenvalue weighted by molar-refractivity contribution is -0.0358. The van der Waals surface area contributed by atoms with E-state index < -0.39 is 0 Å². The van der Waals surface area contributed by atoms with E-state index in [4.69, 9.17) is 9.47 Å². The number of hydrogen-bond acceptors (Lipinski definition) is 4. The molecule has 1 aliphatic carbocycles. The number of H-pyrrole nitrogens is 1. The van der Waals surface area contributed by atoms with Gasteiger partial charge in [0.15, 0.2) is 5.69 Å². The summed E-state index contributed by atoms with van der Waals surface area (Å²) in [6.07, 6.45) is 8.49. The molecule has 6 nitrogen and oxygen atoms in total. The third-order valence-corrected chi connectivity index (χ3v) is 5.85. The van der Waals surface area contributed by atoms with Gasteiger partial charge in [-0.3, -0.25) is 9.89 Å². The fraction of sp³-hybridized carbons (Fsp3) is 0.789. The SMILES string of the molecule is C[C@@H]1Cc2c(C(=O)N3CCC(OC4CCCC4)CC3)n[nH]c2[C@H](C)O1. The van der Waals surface area contributed by atoms with Gasteiger partial charge in [0, 0.05) is 25.1 Å². The number of hydrogen-bond donors (Lipinski definition) is 1. The van der Waals surface area contributed by atoms with Crippen LogP contribution in [0.15, 0.2) is 0 Å². The maximum Gasteiger partial charge on any atom is 0.274 e. The Morgan fingerprint density at radius 2 is 1.84 bits per heavy atom. The molecule has 1 amide bonds. The fourth-order valence-corrected chi connectivity index (χ4v) is 4.49. The fourth-order valence-electron chi connectivity index (χ4n) is 4.49. The molecular weight excluding hydrogens is 318 g/mol. The van der Waals surface area contributed by atoms with Crippen molar-refractivity contribution in [2.45, 2.75) is 83.2 Å². The van der Waals surface area contributed by atoms with Gasteiger partial charge in [-0.05, 0) is 39.5 Å². The normalized spacial score (nSPS) is 28.3. The summed E-state index contributed by atoms with van der Waals surface area (Å²) in [5, 5.41) is 7.36. The number of piperidine rings is 1. The topological polar surface area (TPSA) is 67.5 Å². The van der Waals surface area contributed by atoms with Gasteiger partial charge < -0.3 is 14.4 Å². The molecule has 0 radical (unpaired) electrons. The first-order chi connectivity index (χ1) is 12.1. The number of aromatic amines is 1. The summed E-state index contributed by atoms with van der Waals surface area (Å²) in [6, 6.07) is 0. The van der Waals surface area contributed by atoms with Crippen molar-refractivity contribution in [3.63, 3.8) is 0 Å². The molecule has 2 aliphatic heterocycles. The molecule has 0 unspecified atom stereocenters. The Hall–Kier alpha value is -1.40. The van der Waals surface area contributed by atoms with Gasteiger partial charge in [-0.25, -0.2) is 0 Å². The first kappa shape index (κ1) is 17.0. The van der Waals surface area contributed by atoms with Gasteiger partial charge in [0.25, 0.3) is 5.91 Å². The maximum absolute atomic E-state index is 13.0. The minimum atomic E-state index is -0.0293. The van der Waals surface area contributed by atoms with Crippen LogP contribution in [-0.4, -0.2) is 52.4 Å². The summed E-state index contributed by atoms with van der Waals surface area (Å²) in [6.45, 7) is 5.58. The number of amides is 1. The van der Waals surface area contributed by atoms with E-state index in [2.05, 4.69) is 10.2 Å². The van der Waals surface area contributed by atoms with Crippen molar-refractivity contribution < 1.29 is 14.3 Å². The van der Waals surface area contributed by atoms with Crippen LogP contribution in [0, 0.1) is 0 Å². The minimum absolute atomic E-state index is 0.0293. The molecule has 6 heteroatoms. The van der Waals surface area contributed by atoms with E-state index in [0.29, 0.717) is 17.9 Å². The minimum Gasteiger partial charge on any atom is -0.375 e. The van der Waals surface area contributed by atoms with Crippen molar-refractivity contribution in [3.05, 3.63) is 17.0 Å². The Kier molecular flexibility index (Phi) is 4.82. The quantitative estimate of drug-likeness (QED) is 0.913. The third kappa shape index (κ3) is 3.47. The van der Waals surface area contributed by atoms with Crippen molar-refractivity contribution in [1.82, 2.24) is 15.1 Å². The molecule has 0 bridgehead atoms. The van der Waals surface area contributed by atoms with Gasteiger partial charge in [-0.1, -0.05) is 12.8 Å². The van der Waals surface area contributed by atoms with E-state index in [-0.39, 0.29) is 18.1 Å². The Morgan fingerprint density at radius 3 is 2.56 bits per heavy atom. The summed E-state index contributed by atoms with van der Waals surface area (Å²) in [4.78, 5) is 14.9. The predicted octanol–water partition coefficient (Wildman–Crippen LogP) is 3.00. The van der Waals surface area contributed by atoms with E-state index in [1.165, 1.54) is 25.7 Å². The van der Waals surface area contributed by atoms with E-state index >= 15 is 0 Å². The van der Waals surface area contributed by atoms with Gasteiger partial charge in [0.2, 0.25) is 0 Å². The van der Waals surface area contributed by atoms with Crippen LogP contribution < -0.4 is 0 Å². The molecule has 0 aromatic carbocycles. The Balaban J connectivity index is 1.38. The van der Waals surface area contributed by atoms with Crippen LogP contribution in [0.4, 0.5) is 0 Å². The lowest BCUT2D eigenvalue weighted by Crippen LogP contribution is -2.42. The monoisotopic (exact) mass is 347 g/mol. The summed E-state index contributed by atoms with van der Waals surface area (Å²) < 4.78 is 12.0. The van der Waals surface area contributed by atoms with E-state index in [0.717, 1.165) is 43.6 Å². The average Bonchev–Trinajstić information content (AvgIpc) is 3.24. The zero-order valence-corrected chi connectivity index (χ0v) is 15.3. The summed E-state index contributed by atoms with van der Waals surface area (Å²) in [5.41, 5.74) is 2.59. The predicted molar refractivity (Wildman–Crippen MR) is 93.5 cm³/mol. The van der Waals surface area contributed by atoms with Crippen LogP contribution in [0.1, 0.15) is 80.2 Å². The highest BCUT2D eigenvalue weighted by Crippen LogP contribution is 2.31. The highest BCUT2D eigenvalue weighted by molar-refractivity contribution is 5.94. The second-order valence-corrected chi connectivity index (χ2v) is 7.79. The van der Waals surface area contributed by atoms with Gasteiger partial charge in [-0.2, -0.15) is 5.10 Å². The van der Waals surface area contributed by atoms with Crippen molar-refractivity contribution in [3.8, 4) is 0 Å². The number of nitrogens with zero attached hydrogens (tertiary/aromatic N) is 2. The molecule has 1 saturated heterocycles. The number of nitrogens with one attached hydrogen (secondary N) is 1. The molecule has 0 spiro atoms. The van der Waals surface area contributed by atoms with Gasteiger partial charge in [0.05, 0.1) is 30.1 Å². The van der Waals surface area contributed by atoms with Crippen LogP contribution in [0.5, 0.6) is 0 Å². The van der Waals surface area contributed by atoms with Crippen molar-refractivity contribution >= 4 is 5.91 Å². The number of carbonyl (C=O) groups is 1. The lowest BCUT2D eigenvalue weighted by Gasteiger charge is -2.33. The molecule has 1 aromatic heterocycles. The molecule has 138 valence electrons. The molecule has 1 saturated carbocycles. The van der Waals surface area contributed by atoms with Crippen molar-refractivity contribution in [1.29, 1.82) is 0 Å². The van der Waals surface area contributed by atoms with Crippen LogP contribution in [0.3, 0.4) is 0 Å². The Bertz CT molecular complexity index is 615. The number of likely N-dealkylation sites (tertiary alicyclic amines) is 1. The van der Waals surface area contributed by atoms with Crippen LogP contribution in [0.25, 0.3) is 0 Å². The van der Waals surface area contributed by atoms with Gasteiger partial charge in [0.1, 0.15) is 0 Å². The summed E-state index contributed by atoms with van der Waals surface area (Å²) in [7, 11) is 0. The summed E-state index contributed by atoms with van der Waals surface area (Å²) in [5.74, 6) is 0.0538. The molecule has 1 N–H and O–H groups in total. The number of aromatic nitrogens is 2. The van der Waals surface area contributed by atoms with Crippen molar-refractivity contribution in [2.24, 2.45) is 0 Å². The molecule has 4 rings (SSSR count). The zero-order valence-electron chi connectivity index (χ0n) is 15.3. The molecule has 3 aliphatic rings. The number of ether oxygens (including phenoxy) is 2. The summed E-state index contributed by atoms with van der Waals surface area (Å²) >= 11 is 0. The van der Waals surface area contributed by atoms with Crippen LogP contribution in [-0.2, 0) is 15.9 Å². The first-order valence-corrected chi connectivity index (χ1v) is 9.79. The van der Waals surface area contributed by atoms with E-state index in [9.17, 15) is 4.79 Å². The first-order valence-electron chi connectivity index (χ1n) is 9.79. The molecular formula is C19H29N3O3. The lowest BCUT2D eigenvalue weighted by atomic mass is 9.98. The second kappa shape index (κ2) is 7.08. The number of fused-ring (bicyclic) bond motifs is 1. The standard InChI is InChI=1S/C19H29N3O3/c1-12-11-16-17(13(2)24-12)20-21-18(16)19(23)22-9-7-15(8-10-22)25-14-5-3-4-6-14/h12-15H,3-11H2,1-2H3,(H,20,21)/t12-,13+/m1/s1. The second-order valence-electron chi connectivity index (χ2n) is 7.79. The maximum atomic E-state index is 13.0. The molecule has 2 fully saturated rings. The zero-order chi connectivity index (χ0) is 17.4. The van der Waals surface area contributed by atoms with Crippen LogP contribution >= 0.6 is 0 Å². The highest BCUT2D eigenvalue weighted by atomic mass is 16.5. The number of carbonyl (C=O) groups excluding carboxylic acids is 1. The molecule has 2 atom stereocenters. The third-order valence-electron chi connectivity index (χ3n) is 5.85. The highest BCUT2D eigenvalue weighted by Gasteiger charge is 2.33. The van der Waals surface area contributed by atoms with Gasteiger partial charge in [-0.15, -0.1) is 0 Å². The largest absolute Gasteiger partial charge is 0.375 e. The smallest absolute Gasteiger partial charge is 0.274 e. The van der Waals surface area contributed by atoms with E-state index in [1.807, 2.05) is 18.7 Å². The number of rotatable bonds is 3. The molecule has 1 aromatic rings. The van der Waals surface area contributed by atoms with Crippen molar-refractivity contribution in [2.75, 3.05) is 13.1 Å². The molecule has 3 heterocycles. The van der Waals surface area contributed by atoms with Crippen LogP contribution in [0.2, 0.25) is 0 Å². The Labute approximate surface area is 149 Å². The van der Waals surface area contributed by atoms with E-state index in [1.54, 1.807) is 0 Å². The Morgan fingerprint density at radius 1 is 1.16 bits per heavy atom.